The standard InChI is InChI=1S/C11H13IN2OS/c1-7(2)13-11(16)14-10(15)8-4-3-5-9(12)6-8/h3-7H,1-2H3,(H2,13,14,15,16). The molecule has 0 bridgehead atoms. The molecule has 0 saturated carbocycles. The van der Waals surface area contributed by atoms with Crippen LogP contribution in [0.5, 0.6) is 0 Å². The third-order valence-electron chi connectivity index (χ3n) is 1.73. The zero-order valence-corrected chi connectivity index (χ0v) is 12.1. The van der Waals surface area contributed by atoms with Gasteiger partial charge in [-0.05, 0) is 66.9 Å². The summed E-state index contributed by atoms with van der Waals surface area (Å²) in [6.45, 7) is 3.92. The van der Waals surface area contributed by atoms with Crippen molar-refractivity contribution in [2.45, 2.75) is 19.9 Å². The lowest BCUT2D eigenvalue weighted by molar-refractivity contribution is 0.0976. The number of hydrogen-bond acceptors (Lipinski definition) is 2. The minimum Gasteiger partial charge on any atom is -0.360 e. The number of amides is 1. The molecule has 16 heavy (non-hydrogen) atoms. The van der Waals surface area contributed by atoms with Gasteiger partial charge in [-0.1, -0.05) is 6.07 Å². The zero-order valence-electron chi connectivity index (χ0n) is 9.08. The fraction of sp³-hybridized carbons (Fsp3) is 0.273. The molecule has 0 saturated heterocycles. The predicted octanol–water partition coefficient (Wildman–Crippen LogP) is 2.30. The molecule has 1 aromatic rings. The largest absolute Gasteiger partial charge is 0.360 e. The van der Waals surface area contributed by atoms with Crippen molar-refractivity contribution < 1.29 is 4.79 Å². The molecule has 1 amide bonds. The number of carbonyl (C=O) groups is 1. The zero-order chi connectivity index (χ0) is 12.1. The van der Waals surface area contributed by atoms with Gasteiger partial charge in [0.1, 0.15) is 0 Å². The molecule has 0 radical (unpaired) electrons. The van der Waals surface area contributed by atoms with E-state index in [1.165, 1.54) is 0 Å². The first kappa shape index (κ1) is 13.4. The average molecular weight is 348 g/mol. The monoisotopic (exact) mass is 348 g/mol. The van der Waals surface area contributed by atoms with E-state index in [-0.39, 0.29) is 11.9 Å². The number of carbonyl (C=O) groups excluding carboxylic acids is 1. The molecule has 86 valence electrons. The van der Waals surface area contributed by atoms with Crippen LogP contribution in [0.3, 0.4) is 0 Å². The highest BCUT2D eigenvalue weighted by molar-refractivity contribution is 14.1. The lowest BCUT2D eigenvalue weighted by atomic mass is 10.2. The Hall–Kier alpha value is -0.690. The maximum atomic E-state index is 11.7. The number of benzene rings is 1. The van der Waals surface area contributed by atoms with Crippen molar-refractivity contribution in [2.75, 3.05) is 0 Å². The van der Waals surface area contributed by atoms with Gasteiger partial charge in [-0.2, -0.15) is 0 Å². The number of hydrogen-bond donors (Lipinski definition) is 2. The van der Waals surface area contributed by atoms with Crippen LogP contribution in [0.4, 0.5) is 0 Å². The van der Waals surface area contributed by atoms with E-state index in [4.69, 9.17) is 12.2 Å². The predicted molar refractivity (Wildman–Crippen MR) is 77.5 cm³/mol. The second-order valence-corrected chi connectivity index (χ2v) is 5.25. The van der Waals surface area contributed by atoms with Crippen LogP contribution < -0.4 is 10.6 Å². The summed E-state index contributed by atoms with van der Waals surface area (Å²) >= 11 is 7.16. The fourth-order valence-electron chi connectivity index (χ4n) is 1.10. The molecule has 0 spiro atoms. The summed E-state index contributed by atoms with van der Waals surface area (Å²) < 4.78 is 1.02. The molecule has 1 aromatic carbocycles. The Morgan fingerprint density at radius 1 is 1.44 bits per heavy atom. The van der Waals surface area contributed by atoms with Crippen molar-refractivity contribution in [1.29, 1.82) is 0 Å². The molecule has 0 aliphatic heterocycles. The molecular formula is C11H13IN2OS. The Bertz CT molecular complexity index is 407. The SMILES string of the molecule is CC(C)NC(=S)NC(=O)c1cccc(I)c1. The van der Waals surface area contributed by atoms with Crippen LogP contribution in [-0.4, -0.2) is 17.1 Å². The van der Waals surface area contributed by atoms with Gasteiger partial charge in [0.15, 0.2) is 5.11 Å². The second-order valence-electron chi connectivity index (χ2n) is 3.59. The molecule has 0 aliphatic carbocycles. The van der Waals surface area contributed by atoms with Crippen LogP contribution in [-0.2, 0) is 0 Å². The molecule has 0 atom stereocenters. The maximum absolute atomic E-state index is 11.7. The van der Waals surface area contributed by atoms with E-state index < -0.39 is 0 Å². The summed E-state index contributed by atoms with van der Waals surface area (Å²) in [6.07, 6.45) is 0. The lowest BCUT2D eigenvalue weighted by Crippen LogP contribution is -2.42. The van der Waals surface area contributed by atoms with Crippen LogP contribution in [0.2, 0.25) is 0 Å². The minimum absolute atomic E-state index is 0.184. The first-order valence-corrected chi connectivity index (χ1v) is 6.35. The molecule has 0 aromatic heterocycles. The first-order chi connectivity index (χ1) is 7.49. The summed E-state index contributed by atoms with van der Waals surface area (Å²) in [6, 6.07) is 7.56. The highest BCUT2D eigenvalue weighted by Crippen LogP contribution is 2.07. The summed E-state index contributed by atoms with van der Waals surface area (Å²) in [4.78, 5) is 11.7. The van der Waals surface area contributed by atoms with Crippen LogP contribution in [0, 0.1) is 3.57 Å². The Labute approximate surface area is 114 Å². The van der Waals surface area contributed by atoms with E-state index in [0.717, 1.165) is 3.57 Å². The smallest absolute Gasteiger partial charge is 0.257 e. The molecule has 1 rings (SSSR count). The van der Waals surface area contributed by atoms with Crippen molar-refractivity contribution in [1.82, 2.24) is 10.6 Å². The van der Waals surface area contributed by atoms with Gasteiger partial charge in [-0.15, -0.1) is 0 Å². The van der Waals surface area contributed by atoms with Gasteiger partial charge in [0.2, 0.25) is 0 Å². The van der Waals surface area contributed by atoms with E-state index in [9.17, 15) is 4.79 Å². The summed E-state index contributed by atoms with van der Waals surface area (Å²) in [5.74, 6) is -0.184. The molecule has 5 heteroatoms. The fourth-order valence-corrected chi connectivity index (χ4v) is 1.97. The summed E-state index contributed by atoms with van der Waals surface area (Å²) in [7, 11) is 0. The van der Waals surface area contributed by atoms with Gasteiger partial charge in [-0.3, -0.25) is 10.1 Å². The molecule has 0 heterocycles. The number of nitrogens with one attached hydrogen (secondary N) is 2. The van der Waals surface area contributed by atoms with Crippen molar-refractivity contribution in [2.24, 2.45) is 0 Å². The Morgan fingerprint density at radius 2 is 2.12 bits per heavy atom. The van der Waals surface area contributed by atoms with Crippen molar-refractivity contribution in [3.8, 4) is 0 Å². The Balaban J connectivity index is 2.62. The van der Waals surface area contributed by atoms with Crippen LogP contribution in [0.1, 0.15) is 24.2 Å². The first-order valence-electron chi connectivity index (χ1n) is 4.86. The van der Waals surface area contributed by atoms with Crippen LogP contribution in [0.15, 0.2) is 24.3 Å². The van der Waals surface area contributed by atoms with E-state index in [1.807, 2.05) is 32.0 Å². The Morgan fingerprint density at radius 3 is 2.69 bits per heavy atom. The molecule has 3 nitrogen and oxygen atoms in total. The molecule has 0 aliphatic rings. The number of thiocarbonyl (C=S) groups is 1. The van der Waals surface area contributed by atoms with Crippen molar-refractivity contribution in [3.63, 3.8) is 0 Å². The van der Waals surface area contributed by atoms with Gasteiger partial charge < -0.3 is 5.32 Å². The topological polar surface area (TPSA) is 41.1 Å². The third kappa shape index (κ3) is 4.44. The van der Waals surface area contributed by atoms with Gasteiger partial charge in [0.25, 0.3) is 5.91 Å². The van der Waals surface area contributed by atoms with E-state index in [0.29, 0.717) is 10.7 Å². The molecule has 0 fully saturated rings. The Kier molecular flexibility index (Phi) is 5.14. The summed E-state index contributed by atoms with van der Waals surface area (Å²) in [5.41, 5.74) is 0.611. The van der Waals surface area contributed by atoms with Crippen LogP contribution >= 0.6 is 34.8 Å². The third-order valence-corrected chi connectivity index (χ3v) is 2.62. The van der Waals surface area contributed by atoms with Crippen molar-refractivity contribution >= 4 is 45.8 Å². The van der Waals surface area contributed by atoms with E-state index in [2.05, 4.69) is 33.2 Å². The van der Waals surface area contributed by atoms with Gasteiger partial charge >= 0.3 is 0 Å². The molecular weight excluding hydrogens is 335 g/mol. The van der Waals surface area contributed by atoms with Crippen molar-refractivity contribution in [3.05, 3.63) is 33.4 Å². The molecule has 2 N–H and O–H groups in total. The van der Waals surface area contributed by atoms with E-state index in [1.54, 1.807) is 6.07 Å². The normalized spacial score (nSPS) is 10.0. The second kappa shape index (κ2) is 6.15. The number of halogens is 1. The highest BCUT2D eigenvalue weighted by Gasteiger charge is 2.08. The van der Waals surface area contributed by atoms with Crippen LogP contribution in [0.25, 0.3) is 0 Å². The average Bonchev–Trinajstić information content (AvgIpc) is 2.16. The quantitative estimate of drug-likeness (QED) is 0.637. The summed E-state index contributed by atoms with van der Waals surface area (Å²) in [5, 5.41) is 5.95. The van der Waals surface area contributed by atoms with Gasteiger partial charge in [-0.25, -0.2) is 0 Å². The minimum atomic E-state index is -0.184. The highest BCUT2D eigenvalue weighted by atomic mass is 127. The molecule has 0 unspecified atom stereocenters. The number of rotatable bonds is 2. The maximum Gasteiger partial charge on any atom is 0.257 e. The lowest BCUT2D eigenvalue weighted by Gasteiger charge is -2.12. The van der Waals surface area contributed by atoms with E-state index >= 15 is 0 Å². The van der Waals surface area contributed by atoms with Gasteiger partial charge in [0, 0.05) is 15.2 Å². The van der Waals surface area contributed by atoms with Gasteiger partial charge in [0.05, 0.1) is 0 Å².